The quantitative estimate of drug-likeness (QED) is 0.202. The van der Waals surface area contributed by atoms with E-state index in [4.69, 9.17) is 10.6 Å². The van der Waals surface area contributed by atoms with Gasteiger partial charge in [0.15, 0.2) is 0 Å². The Labute approximate surface area is 53.5 Å². The van der Waals surface area contributed by atoms with Gasteiger partial charge in [-0.25, -0.2) is 5.84 Å². The maximum atomic E-state index is 11.1. The van der Waals surface area contributed by atoms with E-state index in [0.29, 0.717) is 26.3 Å². The van der Waals surface area contributed by atoms with E-state index in [1.54, 1.807) is 0 Å². The van der Waals surface area contributed by atoms with Crippen LogP contribution in [0.3, 0.4) is 0 Å². The Morgan fingerprint density at radius 3 is 2.33 bits per heavy atom. The first-order valence-electron chi connectivity index (χ1n) is 2.90. The third-order valence-corrected chi connectivity index (χ3v) is 1.43. The Kier molecular flexibility index (Phi) is 1.99. The maximum absolute atomic E-state index is 11.1. The van der Waals surface area contributed by atoms with Crippen molar-refractivity contribution in [1.82, 2.24) is 5.53 Å². The minimum absolute atomic E-state index is 0.399. The molecule has 0 unspecified atom stereocenters. The largest absolute Gasteiger partial charge is 0.610 e. The standard InChI is InChI=1S/C4H11N3O2/c5-6-7(8)1-3-9-4-2-7/h6H,1-5H2. The first-order valence-corrected chi connectivity index (χ1v) is 2.90. The first kappa shape index (κ1) is 6.91. The smallest absolute Gasteiger partial charge is 0.121 e. The minimum atomic E-state index is -0.528. The summed E-state index contributed by atoms with van der Waals surface area (Å²) in [5, 5.41) is 11.1. The Bertz CT molecular complexity index is 91.8. The molecule has 1 saturated heterocycles. The highest BCUT2D eigenvalue weighted by molar-refractivity contribution is 4.43. The van der Waals surface area contributed by atoms with Crippen molar-refractivity contribution >= 4 is 0 Å². The lowest BCUT2D eigenvalue weighted by molar-refractivity contribution is -0.932. The molecule has 5 heteroatoms. The van der Waals surface area contributed by atoms with Gasteiger partial charge in [-0.05, 0) is 0 Å². The highest BCUT2D eigenvalue weighted by Gasteiger charge is 2.19. The van der Waals surface area contributed by atoms with Crippen LogP contribution < -0.4 is 11.4 Å². The number of hydrazine groups is 1. The average molecular weight is 133 g/mol. The maximum Gasteiger partial charge on any atom is 0.121 e. The summed E-state index contributed by atoms with van der Waals surface area (Å²) >= 11 is 0. The zero-order chi connectivity index (χ0) is 6.74. The molecule has 0 bridgehead atoms. The van der Waals surface area contributed by atoms with Crippen LogP contribution in [0.15, 0.2) is 0 Å². The van der Waals surface area contributed by atoms with Crippen molar-refractivity contribution in [3.05, 3.63) is 5.21 Å². The van der Waals surface area contributed by atoms with Crippen molar-refractivity contribution in [2.24, 2.45) is 5.84 Å². The van der Waals surface area contributed by atoms with Gasteiger partial charge in [-0.15, -0.1) is 5.53 Å². The summed E-state index contributed by atoms with van der Waals surface area (Å²) < 4.78 is 4.43. The van der Waals surface area contributed by atoms with Gasteiger partial charge in [0.1, 0.15) is 13.1 Å². The average Bonchev–Trinajstić information content (AvgIpc) is 1.90. The first-order chi connectivity index (χ1) is 4.27. The molecule has 0 aliphatic carbocycles. The Balaban J connectivity index is 2.37. The van der Waals surface area contributed by atoms with Crippen LogP contribution in [0.25, 0.3) is 0 Å². The number of nitrogens with zero attached hydrogens (tertiary/aromatic N) is 1. The molecule has 1 fully saturated rings. The van der Waals surface area contributed by atoms with Crippen LogP contribution in [0.1, 0.15) is 0 Å². The van der Waals surface area contributed by atoms with Crippen molar-refractivity contribution in [1.29, 1.82) is 0 Å². The molecule has 0 aromatic carbocycles. The van der Waals surface area contributed by atoms with E-state index in [1.165, 1.54) is 0 Å². The van der Waals surface area contributed by atoms with Crippen LogP contribution in [-0.4, -0.2) is 31.1 Å². The molecule has 1 heterocycles. The number of nitrogens with two attached hydrogens (primary N) is 1. The normalized spacial score (nSPS) is 26.0. The molecule has 0 radical (unpaired) electrons. The molecule has 0 atom stereocenters. The van der Waals surface area contributed by atoms with Gasteiger partial charge in [-0.2, -0.15) is 0 Å². The summed E-state index contributed by atoms with van der Waals surface area (Å²) in [7, 11) is 0. The predicted molar refractivity (Wildman–Crippen MR) is 31.5 cm³/mol. The third-order valence-electron chi connectivity index (χ3n) is 1.43. The number of ether oxygens (including phenoxy) is 1. The third kappa shape index (κ3) is 1.60. The Morgan fingerprint density at radius 2 is 2.00 bits per heavy atom. The van der Waals surface area contributed by atoms with Crippen LogP contribution in [-0.2, 0) is 4.74 Å². The summed E-state index contributed by atoms with van der Waals surface area (Å²) in [6.45, 7) is 1.79. The molecule has 1 aliphatic rings. The monoisotopic (exact) mass is 133 g/mol. The molecule has 3 N–H and O–H groups in total. The van der Waals surface area contributed by atoms with E-state index in [2.05, 4.69) is 5.53 Å². The molecule has 9 heavy (non-hydrogen) atoms. The van der Waals surface area contributed by atoms with E-state index in [9.17, 15) is 5.21 Å². The summed E-state index contributed by atoms with van der Waals surface area (Å²) in [5.74, 6) is 4.99. The highest BCUT2D eigenvalue weighted by atomic mass is 16.6. The number of hydrogen-bond acceptors (Lipinski definition) is 4. The van der Waals surface area contributed by atoms with Gasteiger partial charge in [0.05, 0.1) is 13.2 Å². The minimum Gasteiger partial charge on any atom is -0.610 e. The molecule has 0 aromatic heterocycles. The topological polar surface area (TPSA) is 70.3 Å². The molecule has 0 saturated carbocycles. The van der Waals surface area contributed by atoms with Crippen LogP contribution in [0.4, 0.5) is 0 Å². The zero-order valence-corrected chi connectivity index (χ0v) is 5.17. The van der Waals surface area contributed by atoms with Gasteiger partial charge >= 0.3 is 0 Å². The molecule has 0 amide bonds. The Hall–Kier alpha value is -0.200. The van der Waals surface area contributed by atoms with E-state index in [0.717, 1.165) is 0 Å². The van der Waals surface area contributed by atoms with Gasteiger partial charge in [0.2, 0.25) is 0 Å². The van der Waals surface area contributed by atoms with Crippen LogP contribution >= 0.6 is 0 Å². The zero-order valence-electron chi connectivity index (χ0n) is 5.17. The second kappa shape index (κ2) is 2.59. The van der Waals surface area contributed by atoms with Crippen molar-refractivity contribution in [3.63, 3.8) is 0 Å². The number of hydrogen-bond donors (Lipinski definition) is 2. The van der Waals surface area contributed by atoms with Crippen LogP contribution in [0, 0.1) is 5.21 Å². The molecular formula is C4H11N3O2. The number of nitrogens with one attached hydrogen (secondary N) is 1. The van der Waals surface area contributed by atoms with Crippen molar-refractivity contribution in [2.45, 2.75) is 0 Å². The summed E-state index contributed by atoms with van der Waals surface area (Å²) in [4.78, 5) is 0. The number of quaternary nitrogens is 1. The van der Waals surface area contributed by atoms with Crippen molar-refractivity contribution in [2.75, 3.05) is 26.3 Å². The van der Waals surface area contributed by atoms with Crippen molar-refractivity contribution in [3.8, 4) is 0 Å². The number of hydroxylamine groups is 2. The van der Waals surface area contributed by atoms with Gasteiger partial charge in [0, 0.05) is 0 Å². The van der Waals surface area contributed by atoms with E-state index in [1.807, 2.05) is 0 Å². The van der Waals surface area contributed by atoms with Gasteiger partial charge in [-0.3, -0.25) is 4.76 Å². The van der Waals surface area contributed by atoms with E-state index >= 15 is 0 Å². The van der Waals surface area contributed by atoms with Crippen LogP contribution in [0.5, 0.6) is 0 Å². The van der Waals surface area contributed by atoms with Crippen LogP contribution in [0.2, 0.25) is 0 Å². The second-order valence-electron chi connectivity index (χ2n) is 2.08. The lowest BCUT2D eigenvalue weighted by Gasteiger charge is -2.41. The molecule has 1 aliphatic heterocycles. The van der Waals surface area contributed by atoms with E-state index < -0.39 is 4.76 Å². The van der Waals surface area contributed by atoms with Crippen molar-refractivity contribution < 1.29 is 9.49 Å². The predicted octanol–water partition coefficient (Wildman–Crippen LogP) is -1.29. The molecule has 0 spiro atoms. The molecular weight excluding hydrogens is 122 g/mol. The molecule has 54 valence electrons. The summed E-state index contributed by atoms with van der Waals surface area (Å²) in [5.41, 5.74) is 2.18. The molecule has 0 aromatic rings. The lowest BCUT2D eigenvalue weighted by Crippen LogP contribution is -2.61. The van der Waals surface area contributed by atoms with E-state index in [-0.39, 0.29) is 0 Å². The van der Waals surface area contributed by atoms with Gasteiger partial charge in [-0.1, -0.05) is 0 Å². The number of rotatable bonds is 1. The SMILES string of the molecule is NN[N+]1([O-])CCOCC1. The fraction of sp³-hybridized carbons (Fsp3) is 1.00. The van der Waals surface area contributed by atoms with Gasteiger partial charge < -0.3 is 9.94 Å². The lowest BCUT2D eigenvalue weighted by atomic mass is 10.5. The fourth-order valence-electron chi connectivity index (χ4n) is 0.767. The highest BCUT2D eigenvalue weighted by Crippen LogP contribution is 2.01. The molecule has 5 nitrogen and oxygen atoms in total. The molecule has 1 rings (SSSR count). The van der Waals surface area contributed by atoms with Gasteiger partial charge in [0.25, 0.3) is 0 Å². The summed E-state index contributed by atoms with van der Waals surface area (Å²) in [6.07, 6.45) is 0. The fourth-order valence-corrected chi connectivity index (χ4v) is 0.767. The second-order valence-corrected chi connectivity index (χ2v) is 2.08. The summed E-state index contributed by atoms with van der Waals surface area (Å²) in [6, 6.07) is 0. The number of morpholine rings is 1. The Morgan fingerprint density at radius 1 is 1.44 bits per heavy atom.